The minimum atomic E-state index is -1.54. The molecular formula is C39H50N2O9. The number of ether oxygens (including phenoxy) is 6. The Balaban J connectivity index is 1.38. The van der Waals surface area contributed by atoms with E-state index < -0.39 is 46.7 Å². The number of benzene rings is 2. The SMILES string of the molecule is CCN1C[C@]2(COC)CCC(OC)[C@@]34[C@@H]5C[C@@]6(O)[C@@H](OC)C[C@@](OC(=O)c7ccc(N)cc7)([C@H]5[C@H]6OC(=O)c5ccccc5)[C@@H]([C@H](OC)[C@H]23)[C@@H]14. The molecule has 3 N–H and O–H groups in total. The van der Waals surface area contributed by atoms with Crippen LogP contribution in [0.25, 0.3) is 0 Å². The van der Waals surface area contributed by atoms with Crippen LogP contribution in [0.15, 0.2) is 54.6 Å². The van der Waals surface area contributed by atoms with E-state index in [1.54, 1.807) is 77.0 Å². The molecule has 50 heavy (non-hydrogen) atoms. The van der Waals surface area contributed by atoms with Gasteiger partial charge in [-0.25, -0.2) is 9.59 Å². The zero-order valence-corrected chi connectivity index (χ0v) is 29.6. The molecule has 11 nitrogen and oxygen atoms in total. The van der Waals surface area contributed by atoms with Gasteiger partial charge in [0.1, 0.15) is 17.3 Å². The van der Waals surface area contributed by atoms with Gasteiger partial charge >= 0.3 is 11.9 Å². The Bertz CT molecular complexity index is 1620. The van der Waals surface area contributed by atoms with Crippen LogP contribution in [-0.2, 0) is 28.4 Å². The van der Waals surface area contributed by atoms with E-state index in [0.717, 1.165) is 25.9 Å². The van der Waals surface area contributed by atoms with Crippen molar-refractivity contribution in [2.75, 3.05) is 53.9 Å². The molecule has 6 aliphatic rings. The number of carbonyl (C=O) groups excluding carboxylic acids is 2. The third kappa shape index (κ3) is 4.25. The summed E-state index contributed by atoms with van der Waals surface area (Å²) in [5.41, 5.74) is 3.69. The van der Waals surface area contributed by atoms with E-state index in [1.165, 1.54) is 0 Å². The quantitative estimate of drug-likeness (QED) is 0.280. The molecular weight excluding hydrogens is 640 g/mol. The number of aliphatic hydroxyl groups is 1. The van der Waals surface area contributed by atoms with Crippen LogP contribution in [0.5, 0.6) is 0 Å². The molecule has 0 amide bonds. The van der Waals surface area contributed by atoms with Gasteiger partial charge in [0, 0.05) is 81.7 Å². The largest absolute Gasteiger partial charge is 0.455 e. The lowest BCUT2D eigenvalue weighted by Gasteiger charge is -2.69. The molecule has 0 radical (unpaired) electrons. The summed E-state index contributed by atoms with van der Waals surface area (Å²) >= 11 is 0. The summed E-state index contributed by atoms with van der Waals surface area (Å²) < 4.78 is 39.0. The van der Waals surface area contributed by atoms with E-state index >= 15 is 0 Å². The van der Waals surface area contributed by atoms with Gasteiger partial charge in [-0.2, -0.15) is 0 Å². The number of nitrogen functional groups attached to an aromatic ring is 1. The predicted molar refractivity (Wildman–Crippen MR) is 182 cm³/mol. The second-order valence-corrected chi connectivity index (χ2v) is 15.7. The maximum absolute atomic E-state index is 14.5. The van der Waals surface area contributed by atoms with Crippen molar-refractivity contribution in [1.82, 2.24) is 4.90 Å². The highest BCUT2D eigenvalue weighted by Gasteiger charge is 2.90. The Morgan fingerprint density at radius 2 is 1.60 bits per heavy atom. The summed E-state index contributed by atoms with van der Waals surface area (Å²) in [6, 6.07) is 15.4. The second-order valence-electron chi connectivity index (χ2n) is 15.7. The Hall–Kier alpha value is -3.06. The number of carbonyl (C=O) groups is 2. The predicted octanol–water partition coefficient (Wildman–Crippen LogP) is 3.58. The van der Waals surface area contributed by atoms with Crippen LogP contribution in [0.3, 0.4) is 0 Å². The fraction of sp³-hybridized carbons (Fsp3) is 0.641. The van der Waals surface area contributed by atoms with Gasteiger partial charge in [0.25, 0.3) is 0 Å². The van der Waals surface area contributed by atoms with Crippen LogP contribution in [-0.4, -0.2) is 112 Å². The Kier molecular flexibility index (Phi) is 8.17. The summed E-state index contributed by atoms with van der Waals surface area (Å²) in [4.78, 5) is 31.0. The minimum absolute atomic E-state index is 0.0343. The normalized spacial score (nSPS) is 43.8. The first-order chi connectivity index (χ1) is 24.1. The Morgan fingerprint density at radius 3 is 2.24 bits per heavy atom. The minimum Gasteiger partial charge on any atom is -0.455 e. The van der Waals surface area contributed by atoms with Crippen molar-refractivity contribution in [2.24, 2.45) is 34.5 Å². The maximum atomic E-state index is 14.5. The maximum Gasteiger partial charge on any atom is 0.338 e. The number of hydrogen-bond donors (Lipinski definition) is 2. The number of piperidine rings is 1. The number of methoxy groups -OCH3 is 4. The molecule has 2 aromatic rings. The fourth-order valence-corrected chi connectivity index (χ4v) is 12.9. The molecule has 270 valence electrons. The highest BCUT2D eigenvalue weighted by atomic mass is 16.6. The third-order valence-corrected chi connectivity index (χ3v) is 14.1. The first-order valence-electron chi connectivity index (χ1n) is 18.0. The number of rotatable bonds is 10. The number of nitrogens with two attached hydrogens (primary N) is 1. The number of esters is 2. The van der Waals surface area contributed by atoms with Crippen molar-refractivity contribution >= 4 is 17.6 Å². The summed E-state index contributed by atoms with van der Waals surface area (Å²) in [6.45, 7) is 4.29. The van der Waals surface area contributed by atoms with E-state index in [2.05, 4.69) is 11.8 Å². The van der Waals surface area contributed by atoms with Gasteiger partial charge < -0.3 is 39.3 Å². The van der Waals surface area contributed by atoms with Gasteiger partial charge in [0.15, 0.2) is 0 Å². The molecule has 1 heterocycles. The van der Waals surface area contributed by atoms with E-state index in [1.807, 2.05) is 6.07 Å². The van der Waals surface area contributed by atoms with Crippen molar-refractivity contribution < 1.29 is 43.1 Å². The number of fused-ring (bicyclic) bond motifs is 2. The molecule has 7 bridgehead atoms. The zero-order chi connectivity index (χ0) is 35.2. The topological polar surface area (TPSA) is 139 Å². The zero-order valence-electron chi connectivity index (χ0n) is 29.6. The molecule has 0 aromatic heterocycles. The first kappa shape index (κ1) is 34.0. The van der Waals surface area contributed by atoms with Gasteiger partial charge in [0.2, 0.25) is 0 Å². The molecule has 5 saturated carbocycles. The van der Waals surface area contributed by atoms with E-state index in [0.29, 0.717) is 29.8 Å². The number of nitrogens with zero attached hydrogens (tertiary/aromatic N) is 1. The molecule has 8 rings (SSSR count). The van der Waals surface area contributed by atoms with Crippen molar-refractivity contribution in [1.29, 1.82) is 0 Å². The van der Waals surface area contributed by atoms with Crippen LogP contribution in [0, 0.1) is 34.5 Å². The summed E-state index contributed by atoms with van der Waals surface area (Å²) in [5.74, 6) is -2.28. The average molecular weight is 691 g/mol. The third-order valence-electron chi connectivity index (χ3n) is 14.1. The van der Waals surface area contributed by atoms with Crippen LogP contribution in [0.2, 0.25) is 0 Å². The summed E-state index contributed by atoms with van der Waals surface area (Å²) in [5, 5.41) is 13.0. The lowest BCUT2D eigenvalue weighted by molar-refractivity contribution is -0.282. The smallest absolute Gasteiger partial charge is 0.338 e. The van der Waals surface area contributed by atoms with Gasteiger partial charge in [-0.3, -0.25) is 4.90 Å². The molecule has 13 atom stereocenters. The van der Waals surface area contributed by atoms with Gasteiger partial charge in [0.05, 0.1) is 36.0 Å². The second kappa shape index (κ2) is 12.0. The van der Waals surface area contributed by atoms with Crippen molar-refractivity contribution in [3.8, 4) is 0 Å². The monoisotopic (exact) mass is 690 g/mol. The van der Waals surface area contributed by atoms with Crippen LogP contribution in [0.1, 0.15) is 53.3 Å². The van der Waals surface area contributed by atoms with Crippen molar-refractivity contribution in [3.05, 3.63) is 65.7 Å². The highest BCUT2D eigenvalue weighted by Crippen LogP contribution is 2.80. The van der Waals surface area contributed by atoms with E-state index in [4.69, 9.17) is 34.2 Å². The van der Waals surface area contributed by atoms with E-state index in [-0.39, 0.29) is 47.8 Å². The van der Waals surface area contributed by atoms with Crippen LogP contribution < -0.4 is 5.73 Å². The van der Waals surface area contributed by atoms with Crippen molar-refractivity contribution in [3.63, 3.8) is 0 Å². The van der Waals surface area contributed by atoms with Gasteiger partial charge in [-0.1, -0.05) is 25.1 Å². The summed E-state index contributed by atoms with van der Waals surface area (Å²) in [7, 11) is 6.88. The van der Waals surface area contributed by atoms with E-state index in [9.17, 15) is 14.7 Å². The Morgan fingerprint density at radius 1 is 0.900 bits per heavy atom. The summed E-state index contributed by atoms with van der Waals surface area (Å²) in [6.07, 6.45) is -0.135. The van der Waals surface area contributed by atoms with Gasteiger partial charge in [-0.15, -0.1) is 0 Å². The number of likely N-dealkylation sites (tertiary alicyclic amines) is 1. The van der Waals surface area contributed by atoms with Crippen LogP contribution >= 0.6 is 0 Å². The lowest BCUT2D eigenvalue weighted by Crippen LogP contribution is -2.77. The fourth-order valence-electron chi connectivity index (χ4n) is 12.9. The van der Waals surface area contributed by atoms with Crippen LogP contribution in [0.4, 0.5) is 5.69 Å². The lowest BCUT2D eigenvalue weighted by atomic mass is 9.43. The average Bonchev–Trinajstić information content (AvgIpc) is 3.50. The molecule has 11 heteroatoms. The molecule has 6 fully saturated rings. The number of hydrogen-bond acceptors (Lipinski definition) is 11. The van der Waals surface area contributed by atoms with Gasteiger partial charge in [-0.05, 0) is 68.1 Å². The molecule has 1 aliphatic heterocycles. The molecule has 1 saturated heterocycles. The Labute approximate surface area is 293 Å². The van der Waals surface area contributed by atoms with Crippen molar-refractivity contribution in [2.45, 2.75) is 74.3 Å². The molecule has 1 spiro atoms. The molecule has 5 aliphatic carbocycles. The molecule has 1 unspecified atom stereocenters. The number of anilines is 1. The molecule has 2 aromatic carbocycles. The standard InChI is InChI=1S/C39H50N2O9/c1-6-41-20-36(21-45-2)17-16-26(46-3)39-25-18-37(44)27(47-4)19-38(29(32(39)41)30(48-5)31(36)39,50-35(43)23-12-14-24(40)15-13-23)28(25)33(37)49-34(42)22-10-8-7-9-11-22/h7-15,25-33,44H,6,16-21,40H2,1-5H3/t25-,26?,27+,28-,29+,30+,31-,32-,33-,36+,37-,38-,39+/m1/s1. The highest BCUT2D eigenvalue weighted by molar-refractivity contribution is 5.90. The first-order valence-corrected chi connectivity index (χ1v) is 18.0.